The summed E-state index contributed by atoms with van der Waals surface area (Å²) in [4.78, 5) is 32.2. The minimum absolute atomic E-state index is 0.0631. The Morgan fingerprint density at radius 3 is 2.35 bits per heavy atom. The Kier molecular flexibility index (Phi) is 6.82. The molecule has 37 heavy (non-hydrogen) atoms. The number of fused-ring (bicyclic) bond motifs is 1. The van der Waals surface area contributed by atoms with E-state index in [1.165, 1.54) is 36.4 Å². The monoisotopic (exact) mass is 525 g/mol. The Bertz CT molecular complexity index is 1520. The molecule has 5 rings (SSSR count). The Labute approximate surface area is 214 Å². The average Bonchev–Trinajstić information content (AvgIpc) is 2.92. The SMILES string of the molecule is O=C(Nc1cc(F)c(F)c(C(=O)c2ccc3ncc(N4CCOCC4)cc3c2)c1F)c1ccc(Cl)cc1. The van der Waals surface area contributed by atoms with Crippen LogP contribution in [0.5, 0.6) is 0 Å². The molecule has 3 aromatic carbocycles. The van der Waals surface area contributed by atoms with Gasteiger partial charge in [0.05, 0.1) is 41.9 Å². The van der Waals surface area contributed by atoms with E-state index in [4.69, 9.17) is 16.3 Å². The highest BCUT2D eigenvalue weighted by Crippen LogP contribution is 2.29. The van der Waals surface area contributed by atoms with Crippen molar-refractivity contribution in [2.45, 2.75) is 0 Å². The van der Waals surface area contributed by atoms with Gasteiger partial charge in [-0.2, -0.15) is 0 Å². The van der Waals surface area contributed by atoms with Gasteiger partial charge >= 0.3 is 0 Å². The quantitative estimate of drug-likeness (QED) is 0.270. The topological polar surface area (TPSA) is 71.5 Å². The average molecular weight is 526 g/mol. The zero-order valence-corrected chi connectivity index (χ0v) is 20.0. The second kappa shape index (κ2) is 10.2. The molecule has 0 unspecified atom stereocenters. The van der Waals surface area contributed by atoms with Crippen molar-refractivity contribution >= 4 is 45.6 Å². The van der Waals surface area contributed by atoms with E-state index in [1.807, 2.05) is 6.07 Å². The van der Waals surface area contributed by atoms with Crippen LogP contribution in [0.15, 0.2) is 60.8 Å². The molecule has 1 N–H and O–H groups in total. The lowest BCUT2D eigenvalue weighted by Gasteiger charge is -2.28. The predicted octanol–water partition coefficient (Wildman–Crippen LogP) is 5.63. The number of ether oxygens (including phenoxy) is 1. The van der Waals surface area contributed by atoms with Crippen LogP contribution < -0.4 is 10.2 Å². The van der Waals surface area contributed by atoms with E-state index in [1.54, 1.807) is 12.3 Å². The number of nitrogens with one attached hydrogen (secondary N) is 1. The number of benzene rings is 3. The Balaban J connectivity index is 1.48. The number of halogens is 4. The molecule has 0 bridgehead atoms. The lowest BCUT2D eigenvalue weighted by atomic mass is 9.99. The maximum atomic E-state index is 15.3. The smallest absolute Gasteiger partial charge is 0.255 e. The molecule has 0 saturated carbocycles. The zero-order chi connectivity index (χ0) is 26.1. The number of carbonyl (C=O) groups excluding carboxylic acids is 2. The number of nitrogens with zero attached hydrogens (tertiary/aromatic N) is 2. The minimum Gasteiger partial charge on any atom is -0.378 e. The van der Waals surface area contributed by atoms with E-state index in [0.717, 1.165) is 5.69 Å². The first kappa shape index (κ1) is 24.7. The Morgan fingerprint density at radius 2 is 1.62 bits per heavy atom. The molecule has 4 aromatic rings. The zero-order valence-electron chi connectivity index (χ0n) is 19.2. The summed E-state index contributed by atoms with van der Waals surface area (Å²) in [5.74, 6) is -6.37. The van der Waals surface area contributed by atoms with Crippen molar-refractivity contribution in [1.82, 2.24) is 4.98 Å². The van der Waals surface area contributed by atoms with Gasteiger partial charge in [0, 0.05) is 40.7 Å². The van der Waals surface area contributed by atoms with E-state index in [2.05, 4.69) is 15.2 Å². The molecule has 188 valence electrons. The summed E-state index contributed by atoms with van der Waals surface area (Å²) in [7, 11) is 0. The number of aromatic nitrogens is 1. The third-order valence-electron chi connectivity index (χ3n) is 6.04. The normalized spacial score (nSPS) is 13.6. The standard InChI is InChI=1S/C27H19ClF3N3O3/c28-18-4-1-15(2-5-18)27(36)33-22-13-20(29)24(30)23(25(22)31)26(35)16-3-6-21-17(11-16)12-19(14-32-21)34-7-9-37-10-8-34/h1-6,11-14H,7-10H2,(H,33,36). The van der Waals surface area contributed by atoms with Crippen molar-refractivity contribution in [3.8, 4) is 0 Å². The highest BCUT2D eigenvalue weighted by atomic mass is 35.5. The van der Waals surface area contributed by atoms with Crippen molar-refractivity contribution in [2.24, 2.45) is 0 Å². The summed E-state index contributed by atoms with van der Waals surface area (Å²) in [6.07, 6.45) is 1.71. The van der Waals surface area contributed by atoms with Crippen molar-refractivity contribution in [2.75, 3.05) is 36.5 Å². The summed E-state index contributed by atoms with van der Waals surface area (Å²) in [6, 6.07) is 12.3. The molecular formula is C27H19ClF3N3O3. The van der Waals surface area contributed by atoms with Gasteiger partial charge in [0.1, 0.15) is 0 Å². The van der Waals surface area contributed by atoms with Gasteiger partial charge in [-0.3, -0.25) is 14.6 Å². The van der Waals surface area contributed by atoms with Crippen molar-refractivity contribution < 1.29 is 27.5 Å². The van der Waals surface area contributed by atoms with Gasteiger partial charge in [0.2, 0.25) is 0 Å². The van der Waals surface area contributed by atoms with Gasteiger partial charge in [0.15, 0.2) is 23.2 Å². The number of anilines is 2. The van der Waals surface area contributed by atoms with Gasteiger partial charge in [-0.15, -0.1) is 0 Å². The summed E-state index contributed by atoms with van der Waals surface area (Å²) < 4.78 is 49.8. The highest BCUT2D eigenvalue weighted by molar-refractivity contribution is 6.30. The fourth-order valence-electron chi connectivity index (χ4n) is 4.09. The molecule has 1 aliphatic heterocycles. The molecule has 1 aromatic heterocycles. The lowest BCUT2D eigenvalue weighted by Crippen LogP contribution is -2.36. The minimum atomic E-state index is -1.65. The third-order valence-corrected chi connectivity index (χ3v) is 6.30. The van der Waals surface area contributed by atoms with E-state index in [-0.39, 0.29) is 11.1 Å². The highest BCUT2D eigenvalue weighted by Gasteiger charge is 2.27. The molecule has 6 nitrogen and oxygen atoms in total. The molecule has 0 spiro atoms. The largest absolute Gasteiger partial charge is 0.378 e. The first-order chi connectivity index (χ1) is 17.8. The first-order valence-corrected chi connectivity index (χ1v) is 11.7. The van der Waals surface area contributed by atoms with Gasteiger partial charge in [0.25, 0.3) is 5.91 Å². The Morgan fingerprint density at radius 1 is 0.919 bits per heavy atom. The summed E-state index contributed by atoms with van der Waals surface area (Å²) in [6.45, 7) is 2.50. The number of morpholine rings is 1. The number of pyridine rings is 1. The number of rotatable bonds is 5. The molecule has 1 fully saturated rings. The third kappa shape index (κ3) is 5.00. The molecule has 10 heteroatoms. The van der Waals surface area contributed by atoms with Crippen LogP contribution in [0.4, 0.5) is 24.5 Å². The van der Waals surface area contributed by atoms with Crippen LogP contribution in [-0.2, 0) is 4.74 Å². The van der Waals surface area contributed by atoms with Crippen LogP contribution in [0.1, 0.15) is 26.3 Å². The number of hydrogen-bond acceptors (Lipinski definition) is 5. The maximum Gasteiger partial charge on any atom is 0.255 e. The van der Waals surface area contributed by atoms with Crippen molar-refractivity contribution in [3.05, 3.63) is 100.0 Å². The molecule has 0 atom stereocenters. The molecule has 1 aliphatic rings. The van der Waals surface area contributed by atoms with Crippen LogP contribution in [-0.4, -0.2) is 43.0 Å². The summed E-state index contributed by atoms with van der Waals surface area (Å²) in [5.41, 5.74) is -0.339. The number of ketones is 1. The number of amides is 1. The van der Waals surface area contributed by atoms with Crippen molar-refractivity contribution in [1.29, 1.82) is 0 Å². The van der Waals surface area contributed by atoms with Gasteiger partial charge < -0.3 is 15.0 Å². The fraction of sp³-hybridized carbons (Fsp3) is 0.148. The first-order valence-electron chi connectivity index (χ1n) is 11.3. The molecule has 0 radical (unpaired) electrons. The lowest BCUT2D eigenvalue weighted by molar-refractivity contribution is 0.101. The Hall–Kier alpha value is -3.95. The van der Waals surface area contributed by atoms with Crippen LogP contribution in [0.25, 0.3) is 10.9 Å². The van der Waals surface area contributed by atoms with Crippen molar-refractivity contribution in [3.63, 3.8) is 0 Å². The van der Waals surface area contributed by atoms with Gasteiger partial charge in [-0.05, 0) is 48.5 Å². The molecule has 1 amide bonds. The molecule has 2 heterocycles. The van der Waals surface area contributed by atoms with Crippen LogP contribution in [0.3, 0.4) is 0 Å². The molecular weight excluding hydrogens is 507 g/mol. The predicted molar refractivity (Wildman–Crippen MR) is 134 cm³/mol. The second-order valence-electron chi connectivity index (χ2n) is 8.40. The molecule has 1 saturated heterocycles. The van der Waals surface area contributed by atoms with Crippen LogP contribution in [0.2, 0.25) is 5.02 Å². The second-order valence-corrected chi connectivity index (χ2v) is 8.84. The fourth-order valence-corrected chi connectivity index (χ4v) is 4.22. The van der Waals surface area contributed by atoms with E-state index in [0.29, 0.717) is 48.3 Å². The van der Waals surface area contributed by atoms with E-state index in [9.17, 15) is 18.4 Å². The summed E-state index contributed by atoms with van der Waals surface area (Å²) >= 11 is 5.81. The number of carbonyl (C=O) groups is 2. The van der Waals surface area contributed by atoms with Crippen LogP contribution >= 0.6 is 11.6 Å². The van der Waals surface area contributed by atoms with Gasteiger partial charge in [-0.1, -0.05) is 11.6 Å². The van der Waals surface area contributed by atoms with E-state index < -0.39 is 40.4 Å². The van der Waals surface area contributed by atoms with Crippen LogP contribution in [0, 0.1) is 17.5 Å². The number of hydrogen-bond donors (Lipinski definition) is 1. The summed E-state index contributed by atoms with van der Waals surface area (Å²) in [5, 5.41) is 3.15. The van der Waals surface area contributed by atoms with E-state index >= 15 is 4.39 Å². The van der Waals surface area contributed by atoms with Gasteiger partial charge in [-0.25, -0.2) is 13.2 Å². The maximum absolute atomic E-state index is 15.3. The molecule has 0 aliphatic carbocycles.